The van der Waals surface area contributed by atoms with Gasteiger partial charge >= 0.3 is 0 Å². The number of nitrogens with one attached hydrogen (secondary N) is 1. The third-order valence-electron chi connectivity index (χ3n) is 7.86. The SMILES string of the molecule is O=C(NCCN1CCOCC1)c1ccc(N2CCC(N3CCC(c4ccccc4Cl)C3)CC2)cc1. The van der Waals surface area contributed by atoms with Gasteiger partial charge in [-0.3, -0.25) is 14.6 Å². The molecule has 188 valence electrons. The Morgan fingerprint density at radius 2 is 1.69 bits per heavy atom. The predicted molar refractivity (Wildman–Crippen MR) is 142 cm³/mol. The summed E-state index contributed by atoms with van der Waals surface area (Å²) in [5, 5.41) is 3.96. The van der Waals surface area contributed by atoms with Crippen LogP contribution in [-0.4, -0.2) is 87.3 Å². The topological polar surface area (TPSA) is 48.1 Å². The predicted octanol–water partition coefficient (Wildman–Crippen LogP) is 3.86. The molecular weight excluding hydrogens is 460 g/mol. The van der Waals surface area contributed by atoms with Crippen molar-refractivity contribution >= 4 is 23.2 Å². The number of benzene rings is 2. The lowest BCUT2D eigenvalue weighted by molar-refractivity contribution is 0.0383. The molecule has 3 aliphatic rings. The Morgan fingerprint density at radius 3 is 2.43 bits per heavy atom. The summed E-state index contributed by atoms with van der Waals surface area (Å²) in [5.74, 6) is 0.555. The molecule has 3 aliphatic heterocycles. The van der Waals surface area contributed by atoms with Crippen LogP contribution >= 0.6 is 11.6 Å². The number of anilines is 1. The van der Waals surface area contributed by atoms with Gasteiger partial charge in [-0.05, 0) is 67.6 Å². The van der Waals surface area contributed by atoms with Gasteiger partial charge in [0.1, 0.15) is 0 Å². The first kappa shape index (κ1) is 24.6. The molecule has 2 aromatic carbocycles. The third-order valence-corrected chi connectivity index (χ3v) is 8.20. The molecule has 3 saturated heterocycles. The smallest absolute Gasteiger partial charge is 0.251 e. The lowest BCUT2D eigenvalue weighted by atomic mass is 9.98. The molecule has 7 heteroatoms. The van der Waals surface area contributed by atoms with Crippen molar-refractivity contribution in [2.75, 3.05) is 70.5 Å². The van der Waals surface area contributed by atoms with Crippen LogP contribution in [0.1, 0.15) is 41.1 Å². The van der Waals surface area contributed by atoms with E-state index < -0.39 is 0 Å². The van der Waals surface area contributed by atoms with Crippen LogP contribution in [-0.2, 0) is 4.74 Å². The average Bonchev–Trinajstić information content (AvgIpc) is 3.40. The van der Waals surface area contributed by atoms with Gasteiger partial charge < -0.3 is 15.0 Å². The van der Waals surface area contributed by atoms with Crippen LogP contribution in [0.15, 0.2) is 48.5 Å². The summed E-state index contributed by atoms with van der Waals surface area (Å²) in [7, 11) is 0. The lowest BCUT2D eigenvalue weighted by Gasteiger charge is -2.38. The Hall–Kier alpha value is -2.12. The van der Waals surface area contributed by atoms with Crippen molar-refractivity contribution in [1.29, 1.82) is 0 Å². The molecule has 1 atom stereocenters. The highest BCUT2D eigenvalue weighted by Gasteiger charge is 2.32. The molecule has 0 aromatic heterocycles. The number of rotatable bonds is 7. The Kier molecular flexibility index (Phi) is 8.24. The number of halogens is 1. The van der Waals surface area contributed by atoms with Crippen molar-refractivity contribution in [3.05, 3.63) is 64.7 Å². The normalized spacial score (nSPS) is 22.4. The molecule has 5 rings (SSSR count). The molecule has 0 radical (unpaired) electrons. The van der Waals surface area contributed by atoms with Crippen molar-refractivity contribution < 1.29 is 9.53 Å². The van der Waals surface area contributed by atoms with Crippen molar-refractivity contribution in [1.82, 2.24) is 15.1 Å². The molecule has 6 nitrogen and oxygen atoms in total. The number of morpholine rings is 1. The van der Waals surface area contributed by atoms with Crippen molar-refractivity contribution in [3.63, 3.8) is 0 Å². The fourth-order valence-corrected chi connectivity index (χ4v) is 6.04. The van der Waals surface area contributed by atoms with Crippen LogP contribution in [0.3, 0.4) is 0 Å². The van der Waals surface area contributed by atoms with Gasteiger partial charge in [-0.2, -0.15) is 0 Å². The van der Waals surface area contributed by atoms with E-state index in [1.54, 1.807) is 0 Å². The zero-order valence-electron chi connectivity index (χ0n) is 20.5. The van der Waals surface area contributed by atoms with Crippen molar-refractivity contribution in [2.24, 2.45) is 0 Å². The number of nitrogens with zero attached hydrogens (tertiary/aromatic N) is 3. The minimum absolute atomic E-state index is 0.00521. The highest BCUT2D eigenvalue weighted by Crippen LogP contribution is 2.34. The molecule has 1 unspecified atom stereocenters. The lowest BCUT2D eigenvalue weighted by Crippen LogP contribution is -2.44. The van der Waals surface area contributed by atoms with Crippen LogP contribution in [0, 0.1) is 0 Å². The molecule has 0 bridgehead atoms. The molecule has 2 aromatic rings. The highest BCUT2D eigenvalue weighted by atomic mass is 35.5. The summed E-state index contributed by atoms with van der Waals surface area (Å²) < 4.78 is 5.37. The maximum absolute atomic E-state index is 12.5. The van der Waals surface area contributed by atoms with Gasteiger partial charge in [0.2, 0.25) is 0 Å². The third kappa shape index (κ3) is 6.18. The second-order valence-electron chi connectivity index (χ2n) is 9.98. The number of carbonyl (C=O) groups is 1. The maximum Gasteiger partial charge on any atom is 0.251 e. The van der Waals surface area contributed by atoms with E-state index in [1.165, 1.54) is 30.5 Å². The monoisotopic (exact) mass is 496 g/mol. The van der Waals surface area contributed by atoms with Gasteiger partial charge in [-0.15, -0.1) is 0 Å². The van der Waals surface area contributed by atoms with E-state index in [2.05, 4.69) is 44.3 Å². The average molecular weight is 497 g/mol. The summed E-state index contributed by atoms with van der Waals surface area (Å²) in [5.41, 5.74) is 3.25. The van der Waals surface area contributed by atoms with Crippen LogP contribution in [0.25, 0.3) is 0 Å². The molecule has 1 N–H and O–H groups in total. The largest absolute Gasteiger partial charge is 0.379 e. The summed E-state index contributed by atoms with van der Waals surface area (Å²) in [6, 6.07) is 17.1. The summed E-state index contributed by atoms with van der Waals surface area (Å²) in [6.07, 6.45) is 3.55. The van der Waals surface area contributed by atoms with Crippen LogP contribution in [0.4, 0.5) is 5.69 Å². The molecule has 1 amide bonds. The van der Waals surface area contributed by atoms with E-state index in [0.717, 1.165) is 69.6 Å². The minimum Gasteiger partial charge on any atom is -0.379 e. The first-order valence-corrected chi connectivity index (χ1v) is 13.5. The number of carbonyl (C=O) groups excluding carboxylic acids is 1. The molecular formula is C28H37ClN4O2. The van der Waals surface area contributed by atoms with E-state index in [1.807, 2.05) is 24.3 Å². The summed E-state index contributed by atoms with van der Waals surface area (Å²) in [4.78, 5) is 20.0. The number of ether oxygens (including phenoxy) is 1. The quantitative estimate of drug-likeness (QED) is 0.630. The van der Waals surface area contributed by atoms with Gasteiger partial charge in [-0.25, -0.2) is 0 Å². The molecule has 3 heterocycles. The summed E-state index contributed by atoms with van der Waals surface area (Å²) in [6.45, 7) is 9.40. The molecule has 35 heavy (non-hydrogen) atoms. The Labute approximate surface area is 214 Å². The van der Waals surface area contributed by atoms with Crippen molar-refractivity contribution in [3.8, 4) is 0 Å². The Morgan fingerprint density at radius 1 is 0.943 bits per heavy atom. The number of hydrogen-bond acceptors (Lipinski definition) is 5. The molecule has 0 spiro atoms. The fraction of sp³-hybridized carbons (Fsp3) is 0.536. The van der Waals surface area contributed by atoms with E-state index in [4.69, 9.17) is 16.3 Å². The summed E-state index contributed by atoms with van der Waals surface area (Å²) >= 11 is 6.46. The second-order valence-corrected chi connectivity index (χ2v) is 10.4. The van der Waals surface area contributed by atoms with Gasteiger partial charge in [0.05, 0.1) is 13.2 Å². The second kappa shape index (κ2) is 11.7. The van der Waals surface area contributed by atoms with Gasteiger partial charge in [0, 0.05) is 68.1 Å². The van der Waals surface area contributed by atoms with Gasteiger partial charge in [0.15, 0.2) is 0 Å². The number of amides is 1. The number of likely N-dealkylation sites (tertiary alicyclic amines) is 1. The van der Waals surface area contributed by atoms with E-state index in [0.29, 0.717) is 18.5 Å². The standard InChI is InChI=1S/C28H37ClN4O2/c29-27-4-2-1-3-26(27)23-9-13-33(21-23)25-10-14-32(15-11-25)24-7-5-22(6-8-24)28(34)30-12-16-31-17-19-35-20-18-31/h1-8,23,25H,9-21H2,(H,30,34). The van der Waals surface area contributed by atoms with Crippen LogP contribution < -0.4 is 10.2 Å². The fourth-order valence-electron chi connectivity index (χ4n) is 5.75. The number of piperidine rings is 1. The highest BCUT2D eigenvalue weighted by molar-refractivity contribution is 6.31. The van der Waals surface area contributed by atoms with Crippen LogP contribution in [0.5, 0.6) is 0 Å². The zero-order valence-corrected chi connectivity index (χ0v) is 21.3. The van der Waals surface area contributed by atoms with E-state index in [9.17, 15) is 4.79 Å². The van der Waals surface area contributed by atoms with E-state index >= 15 is 0 Å². The maximum atomic E-state index is 12.5. The minimum atomic E-state index is 0.00521. The first-order chi connectivity index (χ1) is 17.2. The zero-order chi connectivity index (χ0) is 24.0. The van der Waals surface area contributed by atoms with Crippen molar-refractivity contribution in [2.45, 2.75) is 31.2 Å². The Balaban J connectivity index is 1.06. The molecule has 3 fully saturated rings. The van der Waals surface area contributed by atoms with Crippen LogP contribution in [0.2, 0.25) is 5.02 Å². The van der Waals surface area contributed by atoms with E-state index in [-0.39, 0.29) is 5.91 Å². The Bertz CT molecular complexity index is 971. The molecule has 0 aliphatic carbocycles. The number of hydrogen-bond donors (Lipinski definition) is 1. The van der Waals surface area contributed by atoms with Gasteiger partial charge in [-0.1, -0.05) is 29.8 Å². The molecule has 0 saturated carbocycles. The first-order valence-electron chi connectivity index (χ1n) is 13.1. The van der Waals surface area contributed by atoms with Gasteiger partial charge in [0.25, 0.3) is 5.91 Å².